The predicted octanol–water partition coefficient (Wildman–Crippen LogP) is 2.49. The third-order valence-electron chi connectivity index (χ3n) is 5.97. The Balaban J connectivity index is 1.54. The quantitative estimate of drug-likeness (QED) is 0.621. The van der Waals surface area contributed by atoms with Crippen LogP contribution in [0.5, 0.6) is 0 Å². The van der Waals surface area contributed by atoms with Crippen molar-refractivity contribution in [1.82, 2.24) is 20.4 Å². The summed E-state index contributed by atoms with van der Waals surface area (Å²) in [7, 11) is 3.09. The second-order valence-corrected chi connectivity index (χ2v) is 9.30. The van der Waals surface area contributed by atoms with E-state index in [0.29, 0.717) is 0 Å². The Hall–Kier alpha value is -2.95. The first-order valence-electron chi connectivity index (χ1n) is 10.6. The molecule has 0 saturated carbocycles. The molecule has 2 aliphatic heterocycles. The fourth-order valence-corrected chi connectivity index (χ4v) is 5.22. The number of imide groups is 1. The summed E-state index contributed by atoms with van der Waals surface area (Å²) in [4.78, 5) is 40.8. The molecule has 33 heavy (non-hydrogen) atoms. The third kappa shape index (κ3) is 4.73. The highest BCUT2D eigenvalue weighted by molar-refractivity contribution is 8.00. The van der Waals surface area contributed by atoms with Gasteiger partial charge in [-0.25, -0.2) is 9.18 Å². The smallest absolute Gasteiger partial charge is 0.325 e. The number of benzene rings is 2. The Morgan fingerprint density at radius 2 is 1.79 bits per heavy atom. The summed E-state index contributed by atoms with van der Waals surface area (Å²) >= 11 is 1.30. The highest BCUT2D eigenvalue weighted by atomic mass is 32.2. The Labute approximate surface area is 195 Å². The molecule has 8 nitrogen and oxygen atoms in total. The summed E-state index contributed by atoms with van der Waals surface area (Å²) in [5.41, 5.74) is 2.45. The van der Waals surface area contributed by atoms with Gasteiger partial charge in [-0.15, -0.1) is 11.8 Å². The number of halogens is 1. The van der Waals surface area contributed by atoms with E-state index >= 15 is 0 Å². The van der Waals surface area contributed by atoms with E-state index in [-0.39, 0.29) is 23.4 Å². The number of nitrogens with zero attached hydrogens (tertiary/aromatic N) is 2. The van der Waals surface area contributed by atoms with Crippen LogP contribution in [-0.2, 0) is 9.59 Å². The molecule has 2 aromatic rings. The number of carbonyl (C=O) groups excluding carboxylic acids is 3. The first-order chi connectivity index (χ1) is 15.8. The second-order valence-electron chi connectivity index (χ2n) is 8.17. The van der Waals surface area contributed by atoms with Crippen molar-refractivity contribution in [2.45, 2.75) is 24.6 Å². The lowest BCUT2D eigenvalue weighted by molar-refractivity contribution is -0.140. The van der Waals surface area contributed by atoms with E-state index < -0.39 is 29.7 Å². The van der Waals surface area contributed by atoms with Crippen LogP contribution >= 0.6 is 11.8 Å². The Bertz CT molecular complexity index is 1070. The van der Waals surface area contributed by atoms with Gasteiger partial charge in [0.15, 0.2) is 0 Å². The first-order valence-corrected chi connectivity index (χ1v) is 11.6. The fraction of sp³-hybridized carbons (Fsp3) is 0.348. The molecule has 2 saturated heterocycles. The lowest BCUT2D eigenvalue weighted by Gasteiger charge is -2.50. The molecule has 2 fully saturated rings. The van der Waals surface area contributed by atoms with Crippen LogP contribution in [0.1, 0.15) is 17.3 Å². The molecule has 0 aliphatic carbocycles. The molecule has 0 spiro atoms. The SMILES string of the molecule is Cc1ccccc1NC(=O)CSC1NC(c2ccc(F)cc2)NC2C1C(=O)N(C)C(=O)N2C. The van der Waals surface area contributed by atoms with Gasteiger partial charge < -0.3 is 10.2 Å². The lowest BCUT2D eigenvalue weighted by Crippen LogP contribution is -2.72. The van der Waals surface area contributed by atoms with Gasteiger partial charge in [0.1, 0.15) is 5.82 Å². The summed E-state index contributed by atoms with van der Waals surface area (Å²) in [6.45, 7) is 1.92. The van der Waals surface area contributed by atoms with Gasteiger partial charge in [0.2, 0.25) is 11.8 Å². The minimum Gasteiger partial charge on any atom is -0.325 e. The van der Waals surface area contributed by atoms with E-state index in [9.17, 15) is 18.8 Å². The molecule has 4 amide bonds. The minimum absolute atomic E-state index is 0.111. The highest BCUT2D eigenvalue weighted by Gasteiger charge is 2.51. The summed E-state index contributed by atoms with van der Waals surface area (Å²) in [6.07, 6.45) is -1.01. The molecule has 0 radical (unpaired) electrons. The summed E-state index contributed by atoms with van der Waals surface area (Å²) in [6, 6.07) is 13.1. The Morgan fingerprint density at radius 1 is 1.09 bits per heavy atom. The number of anilines is 1. The van der Waals surface area contributed by atoms with E-state index in [4.69, 9.17) is 0 Å². The van der Waals surface area contributed by atoms with Crippen LogP contribution in [0.2, 0.25) is 0 Å². The van der Waals surface area contributed by atoms with E-state index in [2.05, 4.69) is 16.0 Å². The van der Waals surface area contributed by atoms with Crippen molar-refractivity contribution in [3.8, 4) is 0 Å². The molecule has 0 bridgehead atoms. The number of aryl methyl sites for hydroxylation is 1. The van der Waals surface area contributed by atoms with Gasteiger partial charge >= 0.3 is 6.03 Å². The zero-order valence-electron chi connectivity index (χ0n) is 18.5. The van der Waals surface area contributed by atoms with Gasteiger partial charge in [0.25, 0.3) is 0 Å². The van der Waals surface area contributed by atoms with Crippen LogP contribution in [0.4, 0.5) is 14.9 Å². The van der Waals surface area contributed by atoms with Crippen LogP contribution in [0.3, 0.4) is 0 Å². The van der Waals surface area contributed by atoms with Crippen LogP contribution in [-0.4, -0.2) is 59.0 Å². The standard InChI is InChI=1S/C23H26FN5O3S/c1-13-6-4-5-7-16(13)25-17(30)12-33-21-18-20(28(2)23(32)29(3)22(18)31)26-19(27-21)14-8-10-15(24)11-9-14/h4-11,18-21,26-27H,12H2,1-3H3,(H,25,30). The van der Waals surface area contributed by atoms with Gasteiger partial charge in [-0.05, 0) is 36.2 Å². The molecule has 2 heterocycles. The molecule has 4 unspecified atom stereocenters. The molecule has 4 atom stereocenters. The summed E-state index contributed by atoms with van der Waals surface area (Å²) in [5, 5.41) is 9.11. The zero-order valence-corrected chi connectivity index (χ0v) is 19.4. The number of carbonyl (C=O) groups is 3. The van der Waals surface area contributed by atoms with Crippen molar-refractivity contribution in [3.05, 3.63) is 65.5 Å². The third-order valence-corrected chi connectivity index (χ3v) is 7.19. The average molecular weight is 472 g/mol. The van der Waals surface area contributed by atoms with Gasteiger partial charge in [0.05, 0.1) is 29.4 Å². The van der Waals surface area contributed by atoms with Crippen molar-refractivity contribution in [1.29, 1.82) is 0 Å². The van der Waals surface area contributed by atoms with E-state index in [1.165, 1.54) is 35.8 Å². The molecule has 2 aromatic carbocycles. The summed E-state index contributed by atoms with van der Waals surface area (Å²) in [5.74, 6) is -1.36. The maximum Gasteiger partial charge on any atom is 0.327 e. The van der Waals surface area contributed by atoms with Gasteiger partial charge in [-0.1, -0.05) is 30.3 Å². The van der Waals surface area contributed by atoms with Crippen LogP contribution < -0.4 is 16.0 Å². The number of para-hydroxylation sites is 1. The van der Waals surface area contributed by atoms with Gasteiger partial charge in [-0.2, -0.15) is 0 Å². The molecule has 2 aliphatic rings. The Morgan fingerprint density at radius 3 is 2.48 bits per heavy atom. The number of hydrogen-bond donors (Lipinski definition) is 3. The number of fused-ring (bicyclic) bond motifs is 1. The molecule has 4 rings (SSSR count). The van der Waals surface area contributed by atoms with Crippen molar-refractivity contribution in [2.24, 2.45) is 5.92 Å². The van der Waals surface area contributed by atoms with Crippen LogP contribution in [0.25, 0.3) is 0 Å². The van der Waals surface area contributed by atoms with Crippen molar-refractivity contribution >= 4 is 35.3 Å². The van der Waals surface area contributed by atoms with Gasteiger partial charge in [-0.3, -0.25) is 25.1 Å². The maximum atomic E-state index is 13.4. The highest BCUT2D eigenvalue weighted by Crippen LogP contribution is 2.34. The van der Waals surface area contributed by atoms with E-state index in [0.717, 1.165) is 21.7 Å². The van der Waals surface area contributed by atoms with Crippen molar-refractivity contribution in [2.75, 3.05) is 25.2 Å². The molecule has 0 aromatic heterocycles. The number of nitrogens with one attached hydrogen (secondary N) is 3. The first kappa shape index (κ1) is 23.2. The normalized spacial score (nSPS) is 25.1. The Kier molecular flexibility index (Phi) is 6.68. The fourth-order valence-electron chi connectivity index (χ4n) is 4.11. The van der Waals surface area contributed by atoms with Crippen molar-refractivity contribution < 1.29 is 18.8 Å². The topological polar surface area (TPSA) is 93.8 Å². The average Bonchev–Trinajstić information content (AvgIpc) is 2.81. The monoisotopic (exact) mass is 471 g/mol. The molecular weight excluding hydrogens is 445 g/mol. The molecule has 174 valence electrons. The molecule has 3 N–H and O–H groups in total. The second kappa shape index (κ2) is 9.50. The zero-order chi connectivity index (χ0) is 23.7. The largest absolute Gasteiger partial charge is 0.327 e. The number of amides is 4. The maximum absolute atomic E-state index is 13.4. The number of urea groups is 1. The number of hydrogen-bond acceptors (Lipinski definition) is 6. The lowest BCUT2D eigenvalue weighted by atomic mass is 9.96. The minimum atomic E-state index is -0.606. The summed E-state index contributed by atoms with van der Waals surface area (Å²) < 4.78 is 13.4. The predicted molar refractivity (Wildman–Crippen MR) is 125 cm³/mol. The molecule has 10 heteroatoms. The van der Waals surface area contributed by atoms with Crippen molar-refractivity contribution in [3.63, 3.8) is 0 Å². The number of rotatable bonds is 5. The van der Waals surface area contributed by atoms with Gasteiger partial charge in [0, 0.05) is 19.8 Å². The van der Waals surface area contributed by atoms with Crippen LogP contribution in [0.15, 0.2) is 48.5 Å². The number of thioether (sulfide) groups is 1. The van der Waals surface area contributed by atoms with E-state index in [1.54, 1.807) is 19.2 Å². The molecular formula is C23H26FN5O3S. The van der Waals surface area contributed by atoms with Crippen LogP contribution in [0, 0.1) is 18.7 Å². The van der Waals surface area contributed by atoms with E-state index in [1.807, 2.05) is 31.2 Å².